The van der Waals surface area contributed by atoms with Gasteiger partial charge in [0.25, 0.3) is 0 Å². The van der Waals surface area contributed by atoms with E-state index >= 15 is 0 Å². The molecule has 1 N–H and O–H groups in total. The summed E-state index contributed by atoms with van der Waals surface area (Å²) in [6.45, 7) is 5.52. The van der Waals surface area contributed by atoms with E-state index < -0.39 is 0 Å². The van der Waals surface area contributed by atoms with Crippen molar-refractivity contribution < 1.29 is 0 Å². The number of para-hydroxylation sites is 1. The van der Waals surface area contributed by atoms with Gasteiger partial charge in [-0.25, -0.2) is 0 Å². The van der Waals surface area contributed by atoms with Crippen molar-refractivity contribution in [1.82, 2.24) is 9.88 Å². The first-order chi connectivity index (χ1) is 10.4. The van der Waals surface area contributed by atoms with E-state index in [1.807, 2.05) is 0 Å². The average Bonchev–Trinajstić information content (AvgIpc) is 2.92. The Morgan fingerprint density at radius 3 is 2.86 bits per heavy atom. The summed E-state index contributed by atoms with van der Waals surface area (Å²) in [5.41, 5.74) is 4.35. The van der Waals surface area contributed by atoms with Gasteiger partial charge in [0.2, 0.25) is 0 Å². The number of hydrogen-bond acceptors (Lipinski definition) is 1. The molecule has 0 bridgehead atoms. The molecular formula is C19H26N2. The monoisotopic (exact) mass is 282 g/mol. The largest absolute Gasteiger partial charge is 0.347 e. The van der Waals surface area contributed by atoms with Crippen LogP contribution in [-0.2, 0) is 6.54 Å². The van der Waals surface area contributed by atoms with Gasteiger partial charge in [-0.15, -0.1) is 0 Å². The van der Waals surface area contributed by atoms with Gasteiger partial charge in [0.15, 0.2) is 0 Å². The minimum absolute atomic E-state index is 1.01. The van der Waals surface area contributed by atoms with Gasteiger partial charge < -0.3 is 9.88 Å². The second kappa shape index (κ2) is 6.95. The van der Waals surface area contributed by atoms with Crippen LogP contribution in [0.3, 0.4) is 0 Å². The predicted octanol–water partition coefficient (Wildman–Crippen LogP) is 4.60. The third-order valence-corrected chi connectivity index (χ3v) is 4.45. The molecule has 0 saturated carbocycles. The molecule has 0 saturated heterocycles. The summed E-state index contributed by atoms with van der Waals surface area (Å²) < 4.78 is 2.46. The van der Waals surface area contributed by atoms with Gasteiger partial charge in [0.05, 0.1) is 0 Å². The number of fused-ring (bicyclic) bond motifs is 1. The lowest BCUT2D eigenvalue weighted by molar-refractivity contribution is 0.593. The molecule has 0 amide bonds. The number of hydrogen-bond donors (Lipinski definition) is 1. The molecule has 2 aromatic rings. The van der Waals surface area contributed by atoms with Crippen molar-refractivity contribution in [2.75, 3.05) is 13.1 Å². The van der Waals surface area contributed by atoms with E-state index in [0.29, 0.717) is 0 Å². The standard InChI is InChI=1S/C19H26N2/c1-2-3-4-7-14-21-15-18(16-10-12-20-13-11-16)17-8-5-6-9-19(17)21/h5-6,8-10,15,20H,2-4,7,11-14H2,1H3. The van der Waals surface area contributed by atoms with E-state index in [2.05, 4.69) is 53.3 Å². The highest BCUT2D eigenvalue weighted by Gasteiger charge is 2.13. The molecular weight excluding hydrogens is 256 g/mol. The zero-order valence-corrected chi connectivity index (χ0v) is 13.1. The van der Waals surface area contributed by atoms with Gasteiger partial charge in [-0.2, -0.15) is 0 Å². The summed E-state index contributed by atoms with van der Waals surface area (Å²) in [6.07, 6.45) is 11.2. The summed E-state index contributed by atoms with van der Waals surface area (Å²) in [5, 5.41) is 4.82. The first-order valence-electron chi connectivity index (χ1n) is 8.38. The Balaban J connectivity index is 1.88. The molecule has 2 nitrogen and oxygen atoms in total. The second-order valence-corrected chi connectivity index (χ2v) is 6.00. The van der Waals surface area contributed by atoms with Crippen molar-refractivity contribution in [3.8, 4) is 0 Å². The maximum atomic E-state index is 3.40. The van der Waals surface area contributed by atoms with E-state index in [0.717, 1.165) is 26.1 Å². The number of nitrogens with one attached hydrogen (secondary N) is 1. The molecule has 2 heterocycles. The number of aromatic nitrogens is 1. The number of aryl methyl sites for hydroxylation is 1. The lowest BCUT2D eigenvalue weighted by Crippen LogP contribution is -2.19. The molecule has 1 aromatic carbocycles. The highest BCUT2D eigenvalue weighted by atomic mass is 15.0. The van der Waals surface area contributed by atoms with Crippen molar-refractivity contribution >= 4 is 16.5 Å². The van der Waals surface area contributed by atoms with Gasteiger partial charge in [0, 0.05) is 35.8 Å². The van der Waals surface area contributed by atoms with Crippen LogP contribution < -0.4 is 5.32 Å². The molecule has 0 spiro atoms. The summed E-state index contributed by atoms with van der Waals surface area (Å²) in [6, 6.07) is 8.86. The summed E-state index contributed by atoms with van der Waals surface area (Å²) in [4.78, 5) is 0. The molecule has 0 fully saturated rings. The molecule has 1 aliphatic heterocycles. The second-order valence-electron chi connectivity index (χ2n) is 6.00. The fourth-order valence-electron chi connectivity index (χ4n) is 3.26. The highest BCUT2D eigenvalue weighted by molar-refractivity contribution is 5.93. The Morgan fingerprint density at radius 1 is 1.14 bits per heavy atom. The third-order valence-electron chi connectivity index (χ3n) is 4.45. The van der Waals surface area contributed by atoms with Crippen molar-refractivity contribution in [1.29, 1.82) is 0 Å². The number of unbranched alkanes of at least 4 members (excludes halogenated alkanes) is 3. The normalized spacial score (nSPS) is 15.4. The molecule has 3 rings (SSSR count). The average molecular weight is 282 g/mol. The van der Waals surface area contributed by atoms with Crippen LogP contribution in [0.2, 0.25) is 0 Å². The van der Waals surface area contributed by atoms with Crippen molar-refractivity contribution in [3.05, 3.63) is 42.1 Å². The minimum atomic E-state index is 1.01. The minimum Gasteiger partial charge on any atom is -0.347 e. The predicted molar refractivity (Wildman–Crippen MR) is 91.5 cm³/mol. The van der Waals surface area contributed by atoms with Crippen LogP contribution in [0.5, 0.6) is 0 Å². The maximum Gasteiger partial charge on any atom is 0.0486 e. The number of nitrogens with zero attached hydrogens (tertiary/aromatic N) is 1. The van der Waals surface area contributed by atoms with Gasteiger partial charge in [-0.3, -0.25) is 0 Å². The lowest BCUT2D eigenvalue weighted by atomic mass is 10.00. The van der Waals surface area contributed by atoms with Crippen LogP contribution in [0.25, 0.3) is 16.5 Å². The highest BCUT2D eigenvalue weighted by Crippen LogP contribution is 2.30. The van der Waals surface area contributed by atoms with E-state index in [4.69, 9.17) is 0 Å². The quantitative estimate of drug-likeness (QED) is 0.766. The van der Waals surface area contributed by atoms with E-state index in [9.17, 15) is 0 Å². The molecule has 0 aliphatic carbocycles. The first kappa shape index (κ1) is 14.4. The van der Waals surface area contributed by atoms with Crippen molar-refractivity contribution in [2.24, 2.45) is 0 Å². The molecule has 0 unspecified atom stereocenters. The Labute approximate surface area is 127 Å². The lowest BCUT2D eigenvalue weighted by Gasteiger charge is -2.13. The molecule has 1 aromatic heterocycles. The fourth-order valence-corrected chi connectivity index (χ4v) is 3.26. The third kappa shape index (κ3) is 3.21. The van der Waals surface area contributed by atoms with Gasteiger partial charge in [-0.1, -0.05) is 50.5 Å². The van der Waals surface area contributed by atoms with Crippen LogP contribution >= 0.6 is 0 Å². The molecule has 1 aliphatic rings. The van der Waals surface area contributed by atoms with E-state index in [1.54, 1.807) is 0 Å². The molecule has 0 radical (unpaired) electrons. The van der Waals surface area contributed by atoms with E-state index in [-0.39, 0.29) is 0 Å². The Bertz CT molecular complexity index is 622. The topological polar surface area (TPSA) is 17.0 Å². The SMILES string of the molecule is CCCCCCn1cc(C2=CCNCC2)c2ccccc21. The molecule has 21 heavy (non-hydrogen) atoms. The Morgan fingerprint density at radius 2 is 2.05 bits per heavy atom. The van der Waals surface area contributed by atoms with Crippen LogP contribution in [0.1, 0.15) is 44.6 Å². The van der Waals surface area contributed by atoms with Gasteiger partial charge >= 0.3 is 0 Å². The zero-order valence-electron chi connectivity index (χ0n) is 13.1. The van der Waals surface area contributed by atoms with Crippen LogP contribution in [0, 0.1) is 0 Å². The number of rotatable bonds is 6. The van der Waals surface area contributed by atoms with Gasteiger partial charge in [-0.05, 0) is 31.0 Å². The van der Waals surface area contributed by atoms with Crippen molar-refractivity contribution in [3.63, 3.8) is 0 Å². The summed E-state index contributed by atoms with van der Waals surface area (Å²) >= 11 is 0. The smallest absolute Gasteiger partial charge is 0.0486 e. The first-order valence-corrected chi connectivity index (χ1v) is 8.38. The summed E-state index contributed by atoms with van der Waals surface area (Å²) in [7, 11) is 0. The summed E-state index contributed by atoms with van der Waals surface area (Å²) in [5.74, 6) is 0. The molecule has 112 valence electrons. The van der Waals surface area contributed by atoms with Crippen LogP contribution in [0.15, 0.2) is 36.5 Å². The Kier molecular flexibility index (Phi) is 4.76. The number of benzene rings is 1. The van der Waals surface area contributed by atoms with Crippen molar-refractivity contribution in [2.45, 2.75) is 45.6 Å². The molecule has 2 heteroatoms. The fraction of sp³-hybridized carbons (Fsp3) is 0.474. The maximum absolute atomic E-state index is 3.40. The zero-order chi connectivity index (χ0) is 14.5. The van der Waals surface area contributed by atoms with Crippen LogP contribution in [0.4, 0.5) is 0 Å². The molecule has 0 atom stereocenters. The van der Waals surface area contributed by atoms with Gasteiger partial charge in [0.1, 0.15) is 0 Å². The Hall–Kier alpha value is -1.54. The van der Waals surface area contributed by atoms with Crippen LogP contribution in [-0.4, -0.2) is 17.7 Å². The van der Waals surface area contributed by atoms with E-state index in [1.165, 1.54) is 47.7 Å².